The van der Waals surface area contributed by atoms with Crippen molar-refractivity contribution in [3.63, 3.8) is 0 Å². The quantitative estimate of drug-likeness (QED) is 0.806. The smallest absolute Gasteiger partial charge is 0.294 e. The number of hydrogen-bond donors (Lipinski definition) is 1. The van der Waals surface area contributed by atoms with E-state index in [1.165, 1.54) is 0 Å². The second-order valence-electron chi connectivity index (χ2n) is 5.37. The van der Waals surface area contributed by atoms with Crippen LogP contribution < -0.4 is 10.2 Å². The van der Waals surface area contributed by atoms with E-state index in [1.54, 1.807) is 4.90 Å². The monoisotopic (exact) mass is 290 g/mol. The standard InChI is InChI=1S/C15H18N2O2S/c1-20(2,3)10-8-12-5-4-6-13(11-12)17-9-7-14(18)16-15(17)19/h4-6,11H,7,9H2,1-3H3,(H,16,18,19). The number of hydrogen-bond acceptors (Lipinski definition) is 2. The fraction of sp³-hybridized carbons (Fsp3) is 0.333. The third-order valence-electron chi connectivity index (χ3n) is 2.71. The molecule has 0 aromatic heterocycles. The van der Waals surface area contributed by atoms with E-state index in [0.717, 1.165) is 11.3 Å². The number of imide groups is 1. The molecule has 106 valence electrons. The van der Waals surface area contributed by atoms with E-state index in [4.69, 9.17) is 0 Å². The second kappa shape index (κ2) is 5.59. The molecule has 0 bridgehead atoms. The van der Waals surface area contributed by atoms with Gasteiger partial charge in [-0.25, -0.2) is 4.79 Å². The molecule has 0 unspecified atom stereocenters. The summed E-state index contributed by atoms with van der Waals surface area (Å²) in [5.41, 5.74) is 1.65. The predicted molar refractivity (Wildman–Crippen MR) is 84.2 cm³/mol. The van der Waals surface area contributed by atoms with Crippen LogP contribution >= 0.6 is 10.0 Å². The molecular weight excluding hydrogens is 272 g/mol. The van der Waals surface area contributed by atoms with Gasteiger partial charge in [0.1, 0.15) is 0 Å². The molecule has 1 N–H and O–H groups in total. The number of urea groups is 1. The van der Waals surface area contributed by atoms with Crippen LogP contribution in [0.4, 0.5) is 10.5 Å². The average molecular weight is 290 g/mol. The van der Waals surface area contributed by atoms with Crippen molar-refractivity contribution >= 4 is 27.7 Å². The van der Waals surface area contributed by atoms with Gasteiger partial charge in [-0.1, -0.05) is 12.0 Å². The lowest BCUT2D eigenvalue weighted by molar-refractivity contribution is -0.120. The molecule has 20 heavy (non-hydrogen) atoms. The Hall–Kier alpha value is -1.93. The van der Waals surface area contributed by atoms with E-state index in [1.807, 2.05) is 24.3 Å². The van der Waals surface area contributed by atoms with Crippen molar-refractivity contribution in [2.45, 2.75) is 6.42 Å². The summed E-state index contributed by atoms with van der Waals surface area (Å²) in [5.74, 6) is 2.93. The minimum Gasteiger partial charge on any atom is -0.294 e. The van der Waals surface area contributed by atoms with Gasteiger partial charge in [-0.15, -0.1) is 0 Å². The van der Waals surface area contributed by atoms with E-state index < -0.39 is 10.0 Å². The molecule has 3 amide bonds. The van der Waals surface area contributed by atoms with Crippen LogP contribution in [0.3, 0.4) is 0 Å². The second-order valence-corrected chi connectivity index (χ2v) is 9.25. The Morgan fingerprint density at radius 3 is 2.65 bits per heavy atom. The topological polar surface area (TPSA) is 49.4 Å². The first-order valence-corrected chi connectivity index (χ1v) is 9.13. The fourth-order valence-corrected chi connectivity index (χ4v) is 2.20. The van der Waals surface area contributed by atoms with Gasteiger partial charge < -0.3 is 0 Å². The molecule has 2 rings (SSSR count). The highest BCUT2D eigenvalue weighted by molar-refractivity contribution is 8.35. The largest absolute Gasteiger partial charge is 0.328 e. The van der Waals surface area contributed by atoms with Crippen LogP contribution in [0.1, 0.15) is 12.0 Å². The number of benzene rings is 1. The number of nitrogens with one attached hydrogen (secondary N) is 1. The highest BCUT2D eigenvalue weighted by Crippen LogP contribution is 2.32. The van der Waals surface area contributed by atoms with Gasteiger partial charge in [0.25, 0.3) is 0 Å². The first kappa shape index (κ1) is 14.5. The van der Waals surface area contributed by atoms with Crippen molar-refractivity contribution in [1.29, 1.82) is 0 Å². The molecule has 1 aliphatic heterocycles. The highest BCUT2D eigenvalue weighted by atomic mass is 32.3. The maximum absolute atomic E-state index is 11.8. The van der Waals surface area contributed by atoms with Gasteiger partial charge in [-0.3, -0.25) is 15.0 Å². The Morgan fingerprint density at radius 1 is 1.25 bits per heavy atom. The van der Waals surface area contributed by atoms with E-state index in [9.17, 15) is 9.59 Å². The van der Waals surface area contributed by atoms with Gasteiger partial charge in [0.15, 0.2) is 0 Å². The summed E-state index contributed by atoms with van der Waals surface area (Å²) in [6, 6.07) is 7.17. The molecule has 0 saturated carbocycles. The number of nitrogens with zero attached hydrogens (tertiary/aromatic N) is 1. The molecule has 1 heterocycles. The SMILES string of the molecule is CS(C)(C)C#Cc1cccc(N2CCC(=O)NC2=O)c1. The molecule has 0 radical (unpaired) electrons. The maximum Gasteiger partial charge on any atom is 0.328 e. The van der Waals surface area contributed by atoms with Crippen molar-refractivity contribution in [3.05, 3.63) is 29.8 Å². The van der Waals surface area contributed by atoms with Crippen LogP contribution in [-0.2, 0) is 4.79 Å². The summed E-state index contributed by atoms with van der Waals surface area (Å²) in [5, 5.41) is 5.57. The zero-order valence-electron chi connectivity index (χ0n) is 11.9. The van der Waals surface area contributed by atoms with Crippen LogP contribution in [0, 0.1) is 11.2 Å². The van der Waals surface area contributed by atoms with E-state index in [-0.39, 0.29) is 11.9 Å². The number of carbonyl (C=O) groups excluding carboxylic acids is 2. The molecule has 1 aromatic carbocycles. The Labute approximate surface area is 120 Å². The molecule has 1 aliphatic rings. The van der Waals surface area contributed by atoms with Gasteiger partial charge in [0, 0.05) is 24.2 Å². The molecule has 5 heteroatoms. The molecule has 4 nitrogen and oxygen atoms in total. The Morgan fingerprint density at radius 2 is 2.00 bits per heavy atom. The third-order valence-corrected chi connectivity index (χ3v) is 3.43. The molecule has 0 spiro atoms. The van der Waals surface area contributed by atoms with Crippen LogP contribution in [0.15, 0.2) is 24.3 Å². The summed E-state index contributed by atoms with van der Waals surface area (Å²) in [7, 11) is -0.877. The van der Waals surface area contributed by atoms with Crippen molar-refractivity contribution in [2.75, 3.05) is 30.2 Å². The van der Waals surface area contributed by atoms with E-state index in [2.05, 4.69) is 35.3 Å². The molecule has 1 aromatic rings. The van der Waals surface area contributed by atoms with Gasteiger partial charge in [-0.05, 0) is 42.2 Å². The van der Waals surface area contributed by atoms with Crippen LogP contribution in [0.5, 0.6) is 0 Å². The summed E-state index contributed by atoms with van der Waals surface area (Å²) in [4.78, 5) is 24.5. The lowest BCUT2D eigenvalue weighted by atomic mass is 10.2. The molecular formula is C15H18N2O2S. The number of amides is 3. The van der Waals surface area contributed by atoms with Crippen molar-refractivity contribution in [1.82, 2.24) is 5.32 Å². The van der Waals surface area contributed by atoms with Crippen LogP contribution in [0.2, 0.25) is 0 Å². The number of rotatable bonds is 1. The highest BCUT2D eigenvalue weighted by Gasteiger charge is 2.23. The fourth-order valence-electron chi connectivity index (χ4n) is 1.77. The summed E-state index contributed by atoms with van der Waals surface area (Å²) in [6.07, 6.45) is 6.72. The summed E-state index contributed by atoms with van der Waals surface area (Å²) >= 11 is 0. The Balaban J connectivity index is 2.23. The van der Waals surface area contributed by atoms with Crippen molar-refractivity contribution < 1.29 is 9.59 Å². The minimum absolute atomic E-state index is 0.224. The third kappa shape index (κ3) is 3.78. The number of carbonyl (C=O) groups is 2. The first-order chi connectivity index (χ1) is 9.35. The Bertz CT molecular complexity index is 608. The lowest BCUT2D eigenvalue weighted by Gasteiger charge is -2.26. The van der Waals surface area contributed by atoms with Gasteiger partial charge >= 0.3 is 6.03 Å². The van der Waals surface area contributed by atoms with Crippen molar-refractivity contribution in [2.24, 2.45) is 0 Å². The predicted octanol–water partition coefficient (Wildman–Crippen LogP) is 2.14. The van der Waals surface area contributed by atoms with Crippen LogP contribution in [0.25, 0.3) is 0 Å². The molecule has 1 saturated heterocycles. The minimum atomic E-state index is -0.877. The normalized spacial score (nSPS) is 16.2. The maximum atomic E-state index is 11.8. The van der Waals surface area contributed by atoms with Gasteiger partial charge in [-0.2, -0.15) is 10.0 Å². The lowest BCUT2D eigenvalue weighted by Crippen LogP contribution is -2.49. The Kier molecular flexibility index (Phi) is 4.05. The average Bonchev–Trinajstić information content (AvgIpc) is 2.36. The van der Waals surface area contributed by atoms with E-state index >= 15 is 0 Å². The summed E-state index contributed by atoms with van der Waals surface area (Å²) in [6.45, 7) is 0.409. The zero-order chi connectivity index (χ0) is 14.8. The van der Waals surface area contributed by atoms with Crippen molar-refractivity contribution in [3.8, 4) is 11.2 Å². The van der Waals surface area contributed by atoms with Gasteiger partial charge in [0.05, 0.1) is 0 Å². The first-order valence-electron chi connectivity index (χ1n) is 6.28. The zero-order valence-corrected chi connectivity index (χ0v) is 12.7. The van der Waals surface area contributed by atoms with Crippen LogP contribution in [-0.4, -0.2) is 37.3 Å². The number of anilines is 1. The van der Waals surface area contributed by atoms with E-state index in [0.29, 0.717) is 13.0 Å². The van der Waals surface area contributed by atoms with Gasteiger partial charge in [0.2, 0.25) is 5.91 Å². The molecule has 0 aliphatic carbocycles. The molecule has 0 atom stereocenters. The summed E-state index contributed by atoms with van der Waals surface area (Å²) < 4.78 is 0. The molecule has 1 fully saturated rings.